The molecule has 0 aliphatic heterocycles. The summed E-state index contributed by atoms with van der Waals surface area (Å²) >= 11 is 0. The molecule has 0 aliphatic carbocycles. The number of ether oxygens (including phenoxy) is 2. The average Bonchev–Trinajstić information content (AvgIpc) is 2.54. The Morgan fingerprint density at radius 2 is 1.75 bits per heavy atom. The van der Waals surface area contributed by atoms with Crippen molar-refractivity contribution in [2.24, 2.45) is 0 Å². The van der Waals surface area contributed by atoms with Gasteiger partial charge in [0.2, 0.25) is 5.91 Å². The summed E-state index contributed by atoms with van der Waals surface area (Å²) in [5.74, 6) is 1.32. The number of carbonyl (C=O) groups excluding carboxylic acids is 1. The molecule has 0 bridgehead atoms. The number of carbonyl (C=O) groups is 1. The van der Waals surface area contributed by atoms with Crippen LogP contribution >= 0.6 is 0 Å². The number of hydrogen-bond donors (Lipinski definition) is 1. The molecule has 24 heavy (non-hydrogen) atoms. The molecule has 0 spiro atoms. The first-order valence-electron chi connectivity index (χ1n) is 7.71. The highest BCUT2D eigenvalue weighted by Crippen LogP contribution is 2.19. The summed E-state index contributed by atoms with van der Waals surface area (Å²) in [5, 5.41) is 2.72. The van der Waals surface area contributed by atoms with Crippen molar-refractivity contribution in [3.05, 3.63) is 48.0 Å². The van der Waals surface area contributed by atoms with E-state index in [-0.39, 0.29) is 17.9 Å². The van der Waals surface area contributed by atoms with Crippen LogP contribution < -0.4 is 10.1 Å². The van der Waals surface area contributed by atoms with E-state index in [2.05, 4.69) is 36.1 Å². The second-order valence-electron chi connectivity index (χ2n) is 6.46. The molecule has 0 radical (unpaired) electrons. The van der Waals surface area contributed by atoms with Crippen LogP contribution in [0.2, 0.25) is 0 Å². The fourth-order valence-corrected chi connectivity index (χ4v) is 1.95. The van der Waals surface area contributed by atoms with E-state index in [4.69, 9.17) is 9.47 Å². The summed E-state index contributed by atoms with van der Waals surface area (Å²) in [4.78, 5) is 20.2. The second-order valence-corrected chi connectivity index (χ2v) is 6.46. The van der Waals surface area contributed by atoms with Crippen LogP contribution in [-0.2, 0) is 21.6 Å². The molecule has 1 aromatic carbocycles. The number of anilines is 1. The predicted octanol–water partition coefficient (Wildman–Crippen LogP) is 2.94. The Labute approximate surface area is 142 Å². The largest absolute Gasteiger partial charge is 0.489 e. The van der Waals surface area contributed by atoms with Gasteiger partial charge in [0.25, 0.3) is 0 Å². The topological polar surface area (TPSA) is 73.3 Å². The lowest BCUT2D eigenvalue weighted by Gasteiger charge is -2.16. The average molecular weight is 329 g/mol. The number of aromatic nitrogens is 2. The normalized spacial score (nSPS) is 11.2. The van der Waals surface area contributed by atoms with Crippen molar-refractivity contribution in [3.8, 4) is 5.75 Å². The molecule has 128 valence electrons. The zero-order chi connectivity index (χ0) is 17.6. The van der Waals surface area contributed by atoms with Crippen molar-refractivity contribution in [1.29, 1.82) is 0 Å². The predicted molar refractivity (Wildman–Crippen MR) is 92.0 cm³/mol. The maximum atomic E-state index is 11.4. The van der Waals surface area contributed by atoms with Gasteiger partial charge in [-0.1, -0.05) is 20.8 Å². The van der Waals surface area contributed by atoms with Crippen molar-refractivity contribution >= 4 is 11.6 Å². The van der Waals surface area contributed by atoms with Crippen LogP contribution in [0.4, 0.5) is 5.69 Å². The van der Waals surface area contributed by atoms with Gasteiger partial charge in [-0.05, 0) is 24.3 Å². The lowest BCUT2D eigenvalue weighted by molar-refractivity contribution is -0.119. The smallest absolute Gasteiger partial charge is 0.250 e. The molecule has 2 aromatic rings. The maximum absolute atomic E-state index is 11.4. The molecule has 0 unspecified atom stereocenters. The van der Waals surface area contributed by atoms with E-state index in [1.165, 1.54) is 7.11 Å². The Balaban J connectivity index is 1.89. The van der Waals surface area contributed by atoms with Crippen molar-refractivity contribution in [3.63, 3.8) is 0 Å². The molecule has 1 aromatic heterocycles. The van der Waals surface area contributed by atoms with Crippen molar-refractivity contribution in [2.45, 2.75) is 32.8 Å². The van der Waals surface area contributed by atoms with E-state index in [9.17, 15) is 4.79 Å². The molecule has 1 amide bonds. The fraction of sp³-hybridized carbons (Fsp3) is 0.389. The van der Waals surface area contributed by atoms with Crippen LogP contribution in [0, 0.1) is 0 Å². The number of nitrogens with one attached hydrogen (secondary N) is 1. The number of hydrogen-bond acceptors (Lipinski definition) is 5. The zero-order valence-electron chi connectivity index (χ0n) is 14.5. The summed E-state index contributed by atoms with van der Waals surface area (Å²) in [5.41, 5.74) is 1.53. The van der Waals surface area contributed by atoms with Gasteiger partial charge in [-0.3, -0.25) is 4.79 Å². The summed E-state index contributed by atoms with van der Waals surface area (Å²) < 4.78 is 10.5. The highest BCUT2D eigenvalue weighted by molar-refractivity contribution is 5.91. The van der Waals surface area contributed by atoms with Crippen LogP contribution in [-0.4, -0.2) is 29.6 Å². The number of amides is 1. The van der Waals surface area contributed by atoms with E-state index < -0.39 is 0 Å². The Morgan fingerprint density at radius 1 is 1.12 bits per heavy atom. The van der Waals surface area contributed by atoms with Crippen LogP contribution in [0.1, 0.15) is 32.2 Å². The van der Waals surface area contributed by atoms with Crippen LogP contribution in [0.25, 0.3) is 0 Å². The number of nitrogens with zero attached hydrogens (tertiary/aromatic N) is 2. The molecular weight excluding hydrogens is 306 g/mol. The molecule has 6 heteroatoms. The second kappa shape index (κ2) is 7.88. The molecule has 0 saturated heterocycles. The molecule has 0 atom stereocenters. The highest BCUT2D eigenvalue weighted by atomic mass is 16.5. The van der Waals surface area contributed by atoms with Gasteiger partial charge in [0.15, 0.2) is 0 Å². The van der Waals surface area contributed by atoms with Gasteiger partial charge < -0.3 is 14.8 Å². The van der Waals surface area contributed by atoms with E-state index in [0.717, 1.165) is 11.4 Å². The molecule has 2 rings (SSSR count). The summed E-state index contributed by atoms with van der Waals surface area (Å²) in [6, 6.07) is 7.16. The molecule has 0 aliphatic rings. The monoisotopic (exact) mass is 329 g/mol. The fourth-order valence-electron chi connectivity index (χ4n) is 1.95. The SMILES string of the molecule is COCC(=O)Nc1ccc(OCc2cnc(C(C)(C)C)nc2)cc1. The minimum absolute atomic E-state index is 0.0306. The van der Waals surface area contributed by atoms with Gasteiger partial charge in [-0.15, -0.1) is 0 Å². The molecule has 0 fully saturated rings. The maximum Gasteiger partial charge on any atom is 0.250 e. The van der Waals surface area contributed by atoms with E-state index in [1.54, 1.807) is 36.7 Å². The van der Waals surface area contributed by atoms with E-state index >= 15 is 0 Å². The quantitative estimate of drug-likeness (QED) is 0.882. The minimum atomic E-state index is -0.192. The third-order valence-electron chi connectivity index (χ3n) is 3.20. The number of benzene rings is 1. The lowest BCUT2D eigenvalue weighted by Crippen LogP contribution is -2.16. The summed E-state index contributed by atoms with van der Waals surface area (Å²) in [6.45, 7) is 6.64. The van der Waals surface area contributed by atoms with Gasteiger partial charge in [-0.25, -0.2) is 9.97 Å². The Bertz CT molecular complexity index is 661. The standard InChI is InChI=1S/C18H23N3O3/c1-18(2,3)17-19-9-13(10-20-17)11-24-15-7-5-14(6-8-15)21-16(22)12-23-4/h5-10H,11-12H2,1-4H3,(H,21,22). The minimum Gasteiger partial charge on any atom is -0.489 e. The van der Waals surface area contributed by atoms with Crippen LogP contribution in [0.5, 0.6) is 5.75 Å². The highest BCUT2D eigenvalue weighted by Gasteiger charge is 2.16. The van der Waals surface area contributed by atoms with Crippen molar-refractivity contribution < 1.29 is 14.3 Å². The van der Waals surface area contributed by atoms with Crippen molar-refractivity contribution in [2.75, 3.05) is 19.0 Å². The van der Waals surface area contributed by atoms with Crippen LogP contribution in [0.3, 0.4) is 0 Å². The molecule has 0 saturated carbocycles. The van der Waals surface area contributed by atoms with E-state index in [1.807, 2.05) is 0 Å². The third-order valence-corrected chi connectivity index (χ3v) is 3.20. The van der Waals surface area contributed by atoms with E-state index in [0.29, 0.717) is 18.0 Å². The van der Waals surface area contributed by atoms with Gasteiger partial charge in [-0.2, -0.15) is 0 Å². The van der Waals surface area contributed by atoms with Crippen molar-refractivity contribution in [1.82, 2.24) is 9.97 Å². The Hall–Kier alpha value is -2.47. The summed E-state index contributed by atoms with van der Waals surface area (Å²) in [7, 11) is 1.48. The van der Waals surface area contributed by atoms with Gasteiger partial charge in [0.1, 0.15) is 24.8 Å². The molecule has 1 N–H and O–H groups in total. The molecule has 6 nitrogen and oxygen atoms in total. The first-order valence-corrected chi connectivity index (χ1v) is 7.71. The van der Waals surface area contributed by atoms with Gasteiger partial charge >= 0.3 is 0 Å². The first-order chi connectivity index (χ1) is 11.4. The lowest BCUT2D eigenvalue weighted by atomic mass is 9.96. The number of rotatable bonds is 6. The summed E-state index contributed by atoms with van der Waals surface area (Å²) in [6.07, 6.45) is 3.57. The molecular formula is C18H23N3O3. The third kappa shape index (κ3) is 5.31. The van der Waals surface area contributed by atoms with Gasteiger partial charge in [0.05, 0.1) is 0 Å². The Kier molecular flexibility index (Phi) is 5.87. The van der Waals surface area contributed by atoms with Gasteiger partial charge in [0, 0.05) is 36.2 Å². The molecule has 1 heterocycles. The zero-order valence-corrected chi connectivity index (χ0v) is 14.5. The number of methoxy groups -OCH3 is 1. The Morgan fingerprint density at radius 3 is 2.29 bits per heavy atom. The van der Waals surface area contributed by atoms with Crippen LogP contribution in [0.15, 0.2) is 36.7 Å². The first kappa shape index (κ1) is 17.9.